The van der Waals surface area contributed by atoms with Crippen LogP contribution < -0.4 is 5.32 Å². The van der Waals surface area contributed by atoms with Crippen molar-refractivity contribution in [2.24, 2.45) is 0 Å². The van der Waals surface area contributed by atoms with Gasteiger partial charge in [0.1, 0.15) is 17.1 Å². The van der Waals surface area contributed by atoms with Crippen molar-refractivity contribution in [2.75, 3.05) is 26.0 Å². The first-order valence-corrected chi connectivity index (χ1v) is 9.02. The number of nitrogens with zero attached hydrogens (tertiary/aromatic N) is 3. The first-order chi connectivity index (χ1) is 11.0. The summed E-state index contributed by atoms with van der Waals surface area (Å²) in [5.41, 5.74) is 0.842. The standard InChI is InChI=1S/C15H16BrClN4OS/c1-8-11(16)12-13(23-8)14(20-15(17)19-12)18-7-9(21(2)3)10-5-4-6-22-10/h4-6,9H,7H2,1-3H3,(H,18,19,20). The average molecular weight is 416 g/mol. The molecule has 0 spiro atoms. The van der Waals surface area contributed by atoms with Gasteiger partial charge in [-0.2, -0.15) is 4.98 Å². The van der Waals surface area contributed by atoms with Crippen molar-refractivity contribution in [2.45, 2.75) is 13.0 Å². The summed E-state index contributed by atoms with van der Waals surface area (Å²) in [6, 6.07) is 3.96. The van der Waals surface area contributed by atoms with E-state index in [1.807, 2.05) is 33.2 Å². The molecule has 0 fully saturated rings. The highest BCUT2D eigenvalue weighted by Crippen LogP contribution is 2.38. The molecule has 0 aliphatic heterocycles. The highest BCUT2D eigenvalue weighted by molar-refractivity contribution is 9.10. The predicted molar refractivity (Wildman–Crippen MR) is 98.5 cm³/mol. The largest absolute Gasteiger partial charge is 0.468 e. The number of hydrogen-bond acceptors (Lipinski definition) is 6. The zero-order valence-corrected chi connectivity index (χ0v) is 16.1. The van der Waals surface area contributed by atoms with E-state index in [9.17, 15) is 0 Å². The number of thiophene rings is 1. The summed E-state index contributed by atoms with van der Waals surface area (Å²) in [5, 5.41) is 3.63. The second kappa shape index (κ2) is 6.76. The van der Waals surface area contributed by atoms with Gasteiger partial charge in [-0.3, -0.25) is 4.90 Å². The minimum atomic E-state index is 0.0956. The van der Waals surface area contributed by atoms with Crippen LogP contribution in [0.2, 0.25) is 5.28 Å². The van der Waals surface area contributed by atoms with Crippen molar-refractivity contribution >= 4 is 54.9 Å². The van der Waals surface area contributed by atoms with E-state index in [0.717, 1.165) is 31.1 Å². The van der Waals surface area contributed by atoms with Crippen molar-refractivity contribution in [1.29, 1.82) is 0 Å². The van der Waals surface area contributed by atoms with Gasteiger partial charge >= 0.3 is 0 Å². The van der Waals surface area contributed by atoms with Gasteiger partial charge in [0.15, 0.2) is 0 Å². The van der Waals surface area contributed by atoms with Gasteiger partial charge in [-0.1, -0.05) is 0 Å². The van der Waals surface area contributed by atoms with E-state index in [1.165, 1.54) is 0 Å². The highest BCUT2D eigenvalue weighted by Gasteiger charge is 2.19. The van der Waals surface area contributed by atoms with Crippen LogP contribution in [0.25, 0.3) is 10.2 Å². The monoisotopic (exact) mass is 414 g/mol. The predicted octanol–water partition coefficient (Wildman–Crippen LogP) is 4.72. The van der Waals surface area contributed by atoms with E-state index in [1.54, 1.807) is 17.6 Å². The molecule has 0 bridgehead atoms. The fraction of sp³-hybridized carbons (Fsp3) is 0.333. The number of halogens is 2. The Balaban J connectivity index is 1.90. The molecule has 8 heteroatoms. The quantitative estimate of drug-likeness (QED) is 0.611. The van der Waals surface area contributed by atoms with Crippen LogP contribution in [0.15, 0.2) is 27.3 Å². The number of aromatic nitrogens is 2. The summed E-state index contributed by atoms with van der Waals surface area (Å²) in [4.78, 5) is 11.9. The third-order valence-electron chi connectivity index (χ3n) is 3.57. The molecule has 0 aliphatic carbocycles. The Bertz CT molecular complexity index is 819. The van der Waals surface area contributed by atoms with Crippen molar-refractivity contribution in [3.05, 3.63) is 38.8 Å². The third kappa shape index (κ3) is 3.38. The summed E-state index contributed by atoms with van der Waals surface area (Å²) < 4.78 is 7.50. The van der Waals surface area contributed by atoms with Crippen molar-refractivity contribution in [1.82, 2.24) is 14.9 Å². The van der Waals surface area contributed by atoms with Gasteiger partial charge in [0.05, 0.1) is 21.5 Å². The van der Waals surface area contributed by atoms with Crippen molar-refractivity contribution in [3.8, 4) is 0 Å². The van der Waals surface area contributed by atoms with Gasteiger partial charge < -0.3 is 9.73 Å². The van der Waals surface area contributed by atoms with Gasteiger partial charge in [0, 0.05) is 11.4 Å². The Labute approximate surface area is 151 Å². The van der Waals surface area contributed by atoms with Crippen LogP contribution in [0.3, 0.4) is 0 Å². The van der Waals surface area contributed by atoms with Crippen LogP contribution in [0.4, 0.5) is 5.82 Å². The molecular weight excluding hydrogens is 400 g/mol. The Morgan fingerprint density at radius 2 is 2.22 bits per heavy atom. The maximum absolute atomic E-state index is 6.08. The van der Waals surface area contributed by atoms with Gasteiger partial charge in [-0.05, 0) is 60.7 Å². The average Bonchev–Trinajstić information content (AvgIpc) is 3.10. The van der Waals surface area contributed by atoms with Crippen LogP contribution in [0, 0.1) is 6.92 Å². The minimum absolute atomic E-state index is 0.0956. The van der Waals surface area contributed by atoms with Crippen molar-refractivity contribution < 1.29 is 4.42 Å². The molecule has 3 heterocycles. The number of aryl methyl sites for hydroxylation is 1. The fourth-order valence-corrected chi connectivity index (χ4v) is 4.15. The van der Waals surface area contributed by atoms with Crippen LogP contribution in [-0.2, 0) is 0 Å². The lowest BCUT2D eigenvalue weighted by Gasteiger charge is -2.23. The second-order valence-electron chi connectivity index (χ2n) is 5.37. The molecule has 0 amide bonds. The molecule has 0 aliphatic rings. The lowest BCUT2D eigenvalue weighted by atomic mass is 10.2. The summed E-state index contributed by atoms with van der Waals surface area (Å²) in [6.45, 7) is 2.69. The Morgan fingerprint density at radius 1 is 1.43 bits per heavy atom. The van der Waals surface area contributed by atoms with Crippen LogP contribution in [-0.4, -0.2) is 35.5 Å². The maximum Gasteiger partial charge on any atom is 0.225 e. The molecule has 1 N–H and O–H groups in total. The van der Waals surface area contributed by atoms with E-state index in [2.05, 4.69) is 36.1 Å². The maximum atomic E-state index is 6.08. The van der Waals surface area contributed by atoms with Crippen LogP contribution >= 0.6 is 38.9 Å². The number of nitrogens with one attached hydrogen (secondary N) is 1. The van der Waals surface area contributed by atoms with Crippen molar-refractivity contribution in [3.63, 3.8) is 0 Å². The molecule has 0 aromatic carbocycles. The zero-order chi connectivity index (χ0) is 16.6. The molecule has 5 nitrogen and oxygen atoms in total. The van der Waals surface area contributed by atoms with Crippen LogP contribution in [0.5, 0.6) is 0 Å². The number of rotatable bonds is 5. The fourth-order valence-electron chi connectivity index (χ4n) is 2.36. The van der Waals surface area contributed by atoms with E-state index < -0.39 is 0 Å². The lowest BCUT2D eigenvalue weighted by molar-refractivity contribution is 0.269. The molecule has 3 rings (SSSR count). The smallest absolute Gasteiger partial charge is 0.225 e. The number of furan rings is 1. The lowest BCUT2D eigenvalue weighted by Crippen LogP contribution is -2.26. The molecule has 0 saturated carbocycles. The Kier molecular flexibility index (Phi) is 4.91. The molecule has 0 radical (unpaired) electrons. The van der Waals surface area contributed by atoms with E-state index in [4.69, 9.17) is 16.0 Å². The van der Waals surface area contributed by atoms with Gasteiger partial charge in [0.2, 0.25) is 5.28 Å². The Hall–Kier alpha value is -1.15. The molecule has 23 heavy (non-hydrogen) atoms. The van der Waals surface area contributed by atoms with E-state index >= 15 is 0 Å². The molecule has 3 aromatic rings. The summed E-state index contributed by atoms with van der Waals surface area (Å²) >= 11 is 11.3. The highest BCUT2D eigenvalue weighted by atomic mass is 79.9. The van der Waals surface area contributed by atoms with E-state index in [0.29, 0.717) is 6.54 Å². The first-order valence-electron chi connectivity index (χ1n) is 7.03. The molecular formula is C15H16BrClN4OS. The third-order valence-corrected chi connectivity index (χ3v) is 6.07. The van der Waals surface area contributed by atoms with Gasteiger partial charge in [-0.25, -0.2) is 4.98 Å². The molecule has 122 valence electrons. The van der Waals surface area contributed by atoms with E-state index in [-0.39, 0.29) is 11.3 Å². The van der Waals surface area contributed by atoms with Gasteiger partial charge in [-0.15, -0.1) is 11.3 Å². The molecule has 1 atom stereocenters. The topological polar surface area (TPSA) is 54.2 Å². The number of hydrogen-bond donors (Lipinski definition) is 1. The first kappa shape index (κ1) is 16.7. The zero-order valence-electron chi connectivity index (χ0n) is 12.9. The number of likely N-dealkylation sites (N-methyl/N-ethyl adjacent to an activating group) is 1. The second-order valence-corrected chi connectivity index (χ2v) is 7.72. The number of anilines is 1. The van der Waals surface area contributed by atoms with Gasteiger partial charge in [0.25, 0.3) is 0 Å². The molecule has 3 aromatic heterocycles. The summed E-state index contributed by atoms with van der Waals surface area (Å²) in [5.74, 6) is 1.65. The Morgan fingerprint density at radius 3 is 2.87 bits per heavy atom. The normalized spacial score (nSPS) is 13.0. The van der Waals surface area contributed by atoms with Crippen LogP contribution in [0.1, 0.15) is 16.7 Å². The SMILES string of the molecule is Cc1sc2c(NCC(c3ccco3)N(C)C)nc(Cl)nc2c1Br. The minimum Gasteiger partial charge on any atom is -0.468 e. The summed E-state index contributed by atoms with van der Waals surface area (Å²) in [7, 11) is 4.03. The summed E-state index contributed by atoms with van der Waals surface area (Å²) in [6.07, 6.45) is 1.69. The molecule has 0 saturated heterocycles. The number of fused-ring (bicyclic) bond motifs is 1. The molecule has 1 unspecified atom stereocenters.